The van der Waals surface area contributed by atoms with E-state index in [0.29, 0.717) is 0 Å². The fraction of sp³-hybridized carbons (Fsp3) is 0. The Kier molecular flexibility index (Phi) is 2.76. The molecule has 23 heavy (non-hydrogen) atoms. The minimum Gasteiger partial charge on any atom is -0.135 e. The van der Waals surface area contributed by atoms with Crippen molar-refractivity contribution in [3.63, 3.8) is 0 Å². The molecule has 0 bridgehead atoms. The van der Waals surface area contributed by atoms with Crippen LogP contribution in [0.4, 0.5) is 0 Å². The smallest absolute Gasteiger partial charge is 0.0433 e. The van der Waals surface area contributed by atoms with Crippen molar-refractivity contribution >= 4 is 42.3 Å². The highest BCUT2D eigenvalue weighted by Crippen LogP contribution is 2.40. The lowest BCUT2D eigenvalue weighted by Crippen LogP contribution is -1.79. The highest BCUT2D eigenvalue weighted by Gasteiger charge is 2.10. The Labute approximate surface area is 138 Å². The van der Waals surface area contributed by atoms with Crippen LogP contribution in [-0.4, -0.2) is 0 Å². The molecular weight excluding hydrogens is 296 g/mol. The predicted octanol–water partition coefficient (Wildman–Crippen LogP) is 6.87. The van der Waals surface area contributed by atoms with Gasteiger partial charge in [-0.05, 0) is 34.0 Å². The predicted molar refractivity (Wildman–Crippen MR) is 102 cm³/mol. The first-order valence-corrected chi connectivity index (χ1v) is 8.61. The molecule has 0 nitrogen and oxygen atoms in total. The van der Waals surface area contributed by atoms with Gasteiger partial charge in [-0.2, -0.15) is 0 Å². The summed E-state index contributed by atoms with van der Waals surface area (Å²) in [7, 11) is 0. The van der Waals surface area contributed by atoms with Crippen molar-refractivity contribution in [3.8, 4) is 11.1 Å². The van der Waals surface area contributed by atoms with Crippen molar-refractivity contribution in [1.29, 1.82) is 0 Å². The van der Waals surface area contributed by atoms with Gasteiger partial charge in [0.15, 0.2) is 0 Å². The van der Waals surface area contributed by atoms with Gasteiger partial charge in [-0.3, -0.25) is 0 Å². The van der Waals surface area contributed by atoms with Gasteiger partial charge < -0.3 is 0 Å². The summed E-state index contributed by atoms with van der Waals surface area (Å²) in [5.41, 5.74) is 2.62. The van der Waals surface area contributed by atoms with Crippen LogP contribution in [0.25, 0.3) is 42.1 Å². The van der Waals surface area contributed by atoms with Crippen molar-refractivity contribution in [1.82, 2.24) is 0 Å². The van der Waals surface area contributed by atoms with E-state index < -0.39 is 0 Å². The van der Waals surface area contributed by atoms with Crippen molar-refractivity contribution < 1.29 is 0 Å². The Bertz CT molecular complexity index is 1160. The highest BCUT2D eigenvalue weighted by molar-refractivity contribution is 7.26. The van der Waals surface area contributed by atoms with Crippen LogP contribution in [0.2, 0.25) is 0 Å². The van der Waals surface area contributed by atoms with Crippen LogP contribution in [0.3, 0.4) is 0 Å². The third-order valence-electron chi connectivity index (χ3n) is 4.46. The zero-order valence-electron chi connectivity index (χ0n) is 12.5. The molecule has 0 spiro atoms. The fourth-order valence-corrected chi connectivity index (χ4v) is 4.57. The number of thiophene rings is 1. The Hall–Kier alpha value is -2.64. The summed E-state index contributed by atoms with van der Waals surface area (Å²) in [6, 6.07) is 30.6. The maximum absolute atomic E-state index is 2.30. The molecule has 0 aliphatic heterocycles. The molecule has 0 fully saturated rings. The third kappa shape index (κ3) is 1.97. The highest BCUT2D eigenvalue weighted by atomic mass is 32.1. The van der Waals surface area contributed by atoms with Crippen LogP contribution < -0.4 is 0 Å². The molecule has 0 aliphatic rings. The van der Waals surface area contributed by atoms with Gasteiger partial charge in [0.1, 0.15) is 0 Å². The van der Waals surface area contributed by atoms with E-state index >= 15 is 0 Å². The molecule has 0 N–H and O–H groups in total. The van der Waals surface area contributed by atoms with Crippen molar-refractivity contribution in [3.05, 3.63) is 84.9 Å². The summed E-state index contributed by atoms with van der Waals surface area (Å²) in [5.74, 6) is 0. The summed E-state index contributed by atoms with van der Waals surface area (Å²) >= 11 is 1.89. The molecule has 4 aromatic carbocycles. The van der Waals surface area contributed by atoms with Crippen LogP contribution in [0, 0.1) is 0 Å². The van der Waals surface area contributed by atoms with Gasteiger partial charge in [-0.1, -0.05) is 72.8 Å². The lowest BCUT2D eigenvalue weighted by molar-refractivity contribution is 1.71. The Morgan fingerprint density at radius 1 is 0.565 bits per heavy atom. The molecule has 0 unspecified atom stereocenters. The van der Waals surface area contributed by atoms with Crippen molar-refractivity contribution in [2.45, 2.75) is 0 Å². The van der Waals surface area contributed by atoms with Gasteiger partial charge in [0.05, 0.1) is 0 Å². The zero-order valence-corrected chi connectivity index (χ0v) is 13.3. The standard InChI is InChI=1S/C22H14S/c1-2-7-16-14-17(13-12-15(16)6-1)18-9-5-10-20-19-8-3-4-11-21(19)23-22(18)20/h1-14H. The first kappa shape index (κ1) is 12.9. The topological polar surface area (TPSA) is 0 Å². The van der Waals surface area contributed by atoms with E-state index in [1.165, 1.54) is 42.1 Å². The molecule has 108 valence electrons. The summed E-state index contributed by atoms with van der Waals surface area (Å²) in [4.78, 5) is 0. The van der Waals surface area contributed by atoms with Gasteiger partial charge in [0, 0.05) is 20.2 Å². The van der Waals surface area contributed by atoms with E-state index in [9.17, 15) is 0 Å². The second kappa shape index (κ2) is 4.94. The maximum atomic E-state index is 2.30. The van der Waals surface area contributed by atoms with E-state index in [1.807, 2.05) is 11.3 Å². The molecule has 1 aromatic heterocycles. The summed E-state index contributed by atoms with van der Waals surface area (Å²) in [5, 5.41) is 5.30. The van der Waals surface area contributed by atoms with E-state index in [4.69, 9.17) is 0 Å². The van der Waals surface area contributed by atoms with Crippen molar-refractivity contribution in [2.75, 3.05) is 0 Å². The molecular formula is C22H14S. The summed E-state index contributed by atoms with van der Waals surface area (Å²) < 4.78 is 2.74. The minimum absolute atomic E-state index is 1.29. The summed E-state index contributed by atoms with van der Waals surface area (Å²) in [6.07, 6.45) is 0. The lowest BCUT2D eigenvalue weighted by atomic mass is 9.99. The average molecular weight is 310 g/mol. The van der Waals surface area contributed by atoms with Crippen molar-refractivity contribution in [2.24, 2.45) is 0 Å². The van der Waals surface area contributed by atoms with E-state index in [0.717, 1.165) is 0 Å². The Balaban J connectivity index is 1.84. The minimum atomic E-state index is 1.29. The van der Waals surface area contributed by atoms with Gasteiger partial charge in [-0.25, -0.2) is 0 Å². The van der Waals surface area contributed by atoms with Crippen LogP contribution in [0.5, 0.6) is 0 Å². The molecule has 0 saturated heterocycles. The first-order valence-electron chi connectivity index (χ1n) is 7.79. The van der Waals surface area contributed by atoms with Gasteiger partial charge in [0.25, 0.3) is 0 Å². The number of rotatable bonds is 1. The van der Waals surface area contributed by atoms with Gasteiger partial charge in [-0.15, -0.1) is 11.3 Å². The normalized spacial score (nSPS) is 11.5. The Morgan fingerprint density at radius 3 is 2.30 bits per heavy atom. The van der Waals surface area contributed by atoms with Crippen LogP contribution in [-0.2, 0) is 0 Å². The van der Waals surface area contributed by atoms with Crippen LogP contribution >= 0.6 is 11.3 Å². The number of hydrogen-bond donors (Lipinski definition) is 0. The first-order chi connectivity index (χ1) is 11.4. The quantitative estimate of drug-likeness (QED) is 0.317. The van der Waals surface area contributed by atoms with Crippen LogP contribution in [0.15, 0.2) is 84.9 Å². The average Bonchev–Trinajstić information content (AvgIpc) is 3.00. The number of fused-ring (bicyclic) bond motifs is 4. The maximum Gasteiger partial charge on any atom is 0.0433 e. The van der Waals surface area contributed by atoms with E-state index in [-0.39, 0.29) is 0 Å². The second-order valence-electron chi connectivity index (χ2n) is 5.84. The molecule has 0 atom stereocenters. The molecule has 0 saturated carbocycles. The fourth-order valence-electron chi connectivity index (χ4n) is 3.33. The Morgan fingerprint density at radius 2 is 1.35 bits per heavy atom. The second-order valence-corrected chi connectivity index (χ2v) is 6.89. The SMILES string of the molecule is c1ccc2cc(-c3cccc4c3sc3ccccc34)ccc2c1. The summed E-state index contributed by atoms with van der Waals surface area (Å²) in [6.45, 7) is 0. The van der Waals surface area contributed by atoms with Gasteiger partial charge in [0.2, 0.25) is 0 Å². The molecule has 1 heterocycles. The molecule has 1 heteroatoms. The monoisotopic (exact) mass is 310 g/mol. The zero-order chi connectivity index (χ0) is 15.2. The van der Waals surface area contributed by atoms with Gasteiger partial charge >= 0.3 is 0 Å². The largest absolute Gasteiger partial charge is 0.135 e. The van der Waals surface area contributed by atoms with Crippen LogP contribution in [0.1, 0.15) is 0 Å². The lowest BCUT2D eigenvalue weighted by Gasteiger charge is -2.05. The molecule has 0 aliphatic carbocycles. The third-order valence-corrected chi connectivity index (χ3v) is 5.68. The van der Waals surface area contributed by atoms with E-state index in [2.05, 4.69) is 84.9 Å². The molecule has 5 rings (SSSR count). The molecule has 0 amide bonds. The number of benzene rings is 4. The number of hydrogen-bond acceptors (Lipinski definition) is 1. The van der Waals surface area contributed by atoms with E-state index in [1.54, 1.807) is 0 Å². The molecule has 0 radical (unpaired) electrons. The molecule has 5 aromatic rings.